The van der Waals surface area contributed by atoms with Crippen LogP contribution >= 0.6 is 15.9 Å². The van der Waals surface area contributed by atoms with Crippen LogP contribution in [0.3, 0.4) is 0 Å². The summed E-state index contributed by atoms with van der Waals surface area (Å²) in [6.07, 6.45) is 2.24. The lowest BCUT2D eigenvalue weighted by atomic mass is 10.1. The highest BCUT2D eigenvalue weighted by Crippen LogP contribution is 2.03. The van der Waals surface area contributed by atoms with Crippen molar-refractivity contribution in [2.45, 2.75) is 26.7 Å². The van der Waals surface area contributed by atoms with Gasteiger partial charge in [-0.25, -0.2) is 0 Å². The first-order chi connectivity index (χ1) is 3.81. The second kappa shape index (κ2) is 5.18. The summed E-state index contributed by atoms with van der Waals surface area (Å²) in [6, 6.07) is 0. The lowest BCUT2D eigenvalue weighted by Crippen LogP contribution is -1.87. The van der Waals surface area contributed by atoms with Crippen LogP contribution in [-0.4, -0.2) is 0 Å². The Kier molecular flexibility index (Phi) is 5.21. The molecule has 0 fully saturated rings. The van der Waals surface area contributed by atoms with Gasteiger partial charge in [-0.15, -0.1) is 0 Å². The monoisotopic (exact) mass is 174 g/mol. The molecule has 46 valence electrons. The van der Waals surface area contributed by atoms with E-state index in [9.17, 15) is 0 Å². The minimum Gasteiger partial charge on any atom is -0.0905 e. The van der Waals surface area contributed by atoms with Crippen molar-refractivity contribution >= 4 is 15.9 Å². The molecule has 0 bridgehead atoms. The van der Waals surface area contributed by atoms with Crippen LogP contribution < -0.4 is 0 Å². The fourth-order valence-corrected chi connectivity index (χ4v) is 0.519. The molecule has 0 saturated carbocycles. The van der Waals surface area contributed by atoms with Crippen molar-refractivity contribution in [1.82, 2.24) is 0 Å². The summed E-state index contributed by atoms with van der Waals surface area (Å²) in [5, 5.41) is 0. The standard InChI is InChI=1S/C7H11Br/c1-3-7(2)5-4-6-8/h7H,3,5H2,1-2H3. The lowest BCUT2D eigenvalue weighted by Gasteiger charge is -1.98. The molecule has 0 aliphatic rings. The molecule has 0 aromatic carbocycles. The Morgan fingerprint density at radius 2 is 2.25 bits per heavy atom. The van der Waals surface area contributed by atoms with Crippen LogP contribution in [-0.2, 0) is 0 Å². The van der Waals surface area contributed by atoms with E-state index in [4.69, 9.17) is 0 Å². The molecule has 0 aromatic rings. The molecule has 0 aliphatic heterocycles. The molecule has 0 saturated heterocycles. The van der Waals surface area contributed by atoms with Crippen molar-refractivity contribution in [3.05, 3.63) is 0 Å². The van der Waals surface area contributed by atoms with Crippen molar-refractivity contribution < 1.29 is 0 Å². The summed E-state index contributed by atoms with van der Waals surface area (Å²) < 4.78 is 0. The van der Waals surface area contributed by atoms with Crippen molar-refractivity contribution in [1.29, 1.82) is 0 Å². The van der Waals surface area contributed by atoms with Crippen LogP contribution in [0.1, 0.15) is 26.7 Å². The number of hydrogen-bond donors (Lipinski definition) is 0. The smallest absolute Gasteiger partial charge is 0.0123 e. The highest BCUT2D eigenvalue weighted by atomic mass is 79.9. The third-order valence-electron chi connectivity index (χ3n) is 1.21. The molecule has 0 rings (SSSR count). The molecule has 1 heteroatoms. The molecule has 0 aromatic heterocycles. The van der Waals surface area contributed by atoms with E-state index in [1.54, 1.807) is 0 Å². The Morgan fingerprint density at radius 1 is 1.62 bits per heavy atom. The van der Waals surface area contributed by atoms with Crippen molar-refractivity contribution in [3.8, 4) is 10.8 Å². The Morgan fingerprint density at radius 3 is 2.62 bits per heavy atom. The summed E-state index contributed by atoms with van der Waals surface area (Å²) >= 11 is 3.05. The van der Waals surface area contributed by atoms with Crippen molar-refractivity contribution in [3.63, 3.8) is 0 Å². The average Bonchev–Trinajstić information content (AvgIpc) is 1.83. The number of halogens is 1. The minimum atomic E-state index is 0.750. The van der Waals surface area contributed by atoms with Crippen LogP contribution in [0.15, 0.2) is 0 Å². The molecular weight excluding hydrogens is 164 g/mol. The van der Waals surface area contributed by atoms with Gasteiger partial charge in [0, 0.05) is 22.4 Å². The molecule has 0 spiro atoms. The first kappa shape index (κ1) is 8.04. The maximum atomic E-state index is 3.05. The molecule has 1 unspecified atom stereocenters. The van der Waals surface area contributed by atoms with Gasteiger partial charge in [0.15, 0.2) is 0 Å². The average molecular weight is 175 g/mol. The summed E-state index contributed by atoms with van der Waals surface area (Å²) in [5.74, 6) is 3.72. The van der Waals surface area contributed by atoms with E-state index in [1.165, 1.54) is 6.42 Å². The summed E-state index contributed by atoms with van der Waals surface area (Å²) in [4.78, 5) is 2.70. The predicted octanol–water partition coefficient (Wildman–Crippen LogP) is 2.78. The van der Waals surface area contributed by atoms with Crippen LogP contribution in [0.25, 0.3) is 0 Å². The Balaban J connectivity index is 3.19. The van der Waals surface area contributed by atoms with Gasteiger partial charge in [0.05, 0.1) is 0 Å². The minimum absolute atomic E-state index is 0.750. The van der Waals surface area contributed by atoms with Gasteiger partial charge in [0.1, 0.15) is 0 Å². The third kappa shape index (κ3) is 4.21. The zero-order valence-electron chi connectivity index (χ0n) is 5.37. The molecule has 0 radical (unpaired) electrons. The third-order valence-corrected chi connectivity index (χ3v) is 1.49. The van der Waals surface area contributed by atoms with E-state index in [2.05, 4.69) is 40.5 Å². The summed E-state index contributed by atoms with van der Waals surface area (Å²) in [7, 11) is 0. The maximum absolute atomic E-state index is 3.05. The highest BCUT2D eigenvalue weighted by Gasteiger charge is 1.91. The lowest BCUT2D eigenvalue weighted by molar-refractivity contribution is 0.581. The predicted molar refractivity (Wildman–Crippen MR) is 40.8 cm³/mol. The van der Waals surface area contributed by atoms with Gasteiger partial charge in [0.25, 0.3) is 0 Å². The number of rotatable bonds is 2. The van der Waals surface area contributed by atoms with Gasteiger partial charge in [-0.05, 0) is 10.7 Å². The van der Waals surface area contributed by atoms with Gasteiger partial charge in [-0.1, -0.05) is 26.2 Å². The van der Waals surface area contributed by atoms with Gasteiger partial charge in [0.2, 0.25) is 0 Å². The highest BCUT2D eigenvalue weighted by molar-refractivity contribution is 9.12. The number of hydrogen-bond acceptors (Lipinski definition) is 0. The molecule has 0 N–H and O–H groups in total. The van der Waals surface area contributed by atoms with Crippen LogP contribution in [0, 0.1) is 16.7 Å². The first-order valence-electron chi connectivity index (χ1n) is 2.89. The first-order valence-corrected chi connectivity index (χ1v) is 3.69. The van der Waals surface area contributed by atoms with Crippen LogP contribution in [0.5, 0.6) is 0 Å². The quantitative estimate of drug-likeness (QED) is 0.566. The molecule has 0 aliphatic carbocycles. The fourth-order valence-electron chi connectivity index (χ4n) is 0.357. The van der Waals surface area contributed by atoms with Gasteiger partial charge < -0.3 is 0 Å². The Bertz CT molecular complexity index is 96.7. The second-order valence-electron chi connectivity index (χ2n) is 1.99. The SMILES string of the molecule is CCC(C)CC#CBr. The van der Waals surface area contributed by atoms with Crippen LogP contribution in [0.4, 0.5) is 0 Å². The van der Waals surface area contributed by atoms with Crippen molar-refractivity contribution in [2.75, 3.05) is 0 Å². The zero-order valence-corrected chi connectivity index (χ0v) is 6.96. The molecule has 8 heavy (non-hydrogen) atoms. The maximum Gasteiger partial charge on any atom is 0.0123 e. The fraction of sp³-hybridized carbons (Fsp3) is 0.714. The Hall–Kier alpha value is 0.0400. The normalized spacial score (nSPS) is 11.9. The Labute approximate surface area is 59.8 Å². The molecule has 0 heterocycles. The van der Waals surface area contributed by atoms with Gasteiger partial charge in [-0.2, -0.15) is 0 Å². The molecule has 0 amide bonds. The summed E-state index contributed by atoms with van der Waals surface area (Å²) in [6.45, 7) is 4.39. The topological polar surface area (TPSA) is 0 Å². The zero-order chi connectivity index (χ0) is 6.41. The van der Waals surface area contributed by atoms with Gasteiger partial charge in [-0.3, -0.25) is 0 Å². The molecule has 1 atom stereocenters. The van der Waals surface area contributed by atoms with E-state index in [0.29, 0.717) is 0 Å². The summed E-state index contributed by atoms with van der Waals surface area (Å²) in [5.41, 5.74) is 0. The van der Waals surface area contributed by atoms with Crippen molar-refractivity contribution in [2.24, 2.45) is 5.92 Å². The van der Waals surface area contributed by atoms with E-state index in [0.717, 1.165) is 12.3 Å². The van der Waals surface area contributed by atoms with E-state index < -0.39 is 0 Å². The van der Waals surface area contributed by atoms with E-state index >= 15 is 0 Å². The van der Waals surface area contributed by atoms with E-state index in [-0.39, 0.29) is 0 Å². The molecule has 0 nitrogen and oxygen atoms in total. The largest absolute Gasteiger partial charge is 0.0905 e. The second-order valence-corrected chi connectivity index (χ2v) is 2.39. The van der Waals surface area contributed by atoms with Crippen LogP contribution in [0.2, 0.25) is 0 Å². The van der Waals surface area contributed by atoms with Gasteiger partial charge >= 0.3 is 0 Å². The molecular formula is C7H11Br. The van der Waals surface area contributed by atoms with E-state index in [1.807, 2.05) is 0 Å².